The highest BCUT2D eigenvalue weighted by atomic mass is 79.9. The average Bonchev–Trinajstić information content (AvgIpc) is 2.79. The molecule has 0 amide bonds. The molecule has 3 aromatic carbocycles. The van der Waals surface area contributed by atoms with Crippen LogP contribution in [0.1, 0.15) is 16.7 Å². The lowest BCUT2D eigenvalue weighted by atomic mass is 10.1. The summed E-state index contributed by atoms with van der Waals surface area (Å²) in [5.74, 6) is 2.04. The third-order valence-corrected chi connectivity index (χ3v) is 5.44. The number of halogens is 1. The van der Waals surface area contributed by atoms with Crippen LogP contribution in [0.3, 0.4) is 0 Å². The topological polar surface area (TPSA) is 82.9 Å². The lowest BCUT2D eigenvalue weighted by Gasteiger charge is -2.15. The standard InChI is InChI=1S/C23H23BrN2O5/c1-29-21-6-4-3-5-17(21)13-25-14-18-11-22(30-2)23(12-20(18)24)31-15-16-7-9-19(10-8-16)26(27)28/h3-12,25H,13-15H2,1-2H3. The summed E-state index contributed by atoms with van der Waals surface area (Å²) in [4.78, 5) is 10.3. The van der Waals surface area contributed by atoms with Crippen molar-refractivity contribution in [2.75, 3.05) is 14.2 Å². The van der Waals surface area contributed by atoms with Crippen LogP contribution in [0, 0.1) is 10.1 Å². The first-order valence-corrected chi connectivity index (χ1v) is 10.4. The Hall–Kier alpha value is -3.10. The zero-order valence-electron chi connectivity index (χ0n) is 17.3. The normalized spacial score (nSPS) is 10.5. The lowest BCUT2D eigenvalue weighted by Crippen LogP contribution is -2.14. The molecule has 0 saturated carbocycles. The first kappa shape index (κ1) is 22.6. The average molecular weight is 487 g/mol. The quantitative estimate of drug-likeness (QED) is 0.311. The van der Waals surface area contributed by atoms with E-state index in [1.807, 2.05) is 36.4 Å². The number of hydrogen-bond donors (Lipinski definition) is 1. The van der Waals surface area contributed by atoms with E-state index in [4.69, 9.17) is 14.2 Å². The molecule has 0 saturated heterocycles. The Balaban J connectivity index is 1.64. The van der Waals surface area contributed by atoms with Crippen molar-refractivity contribution in [3.63, 3.8) is 0 Å². The van der Waals surface area contributed by atoms with E-state index in [0.717, 1.165) is 26.9 Å². The van der Waals surface area contributed by atoms with Crippen LogP contribution in [0.4, 0.5) is 5.69 Å². The Labute approximate surface area is 189 Å². The zero-order chi connectivity index (χ0) is 22.2. The SMILES string of the molecule is COc1ccccc1CNCc1cc(OC)c(OCc2ccc([N+](=O)[O-])cc2)cc1Br. The van der Waals surface area contributed by atoms with E-state index in [0.29, 0.717) is 24.6 Å². The second-order valence-corrected chi connectivity index (χ2v) is 7.58. The molecule has 3 aromatic rings. The molecule has 0 aliphatic rings. The van der Waals surface area contributed by atoms with Gasteiger partial charge in [-0.05, 0) is 41.5 Å². The van der Waals surface area contributed by atoms with Crippen LogP contribution >= 0.6 is 15.9 Å². The third-order valence-electron chi connectivity index (χ3n) is 4.70. The number of methoxy groups -OCH3 is 2. The third kappa shape index (κ3) is 5.96. The van der Waals surface area contributed by atoms with Crippen molar-refractivity contribution in [2.45, 2.75) is 19.7 Å². The van der Waals surface area contributed by atoms with Gasteiger partial charge in [0, 0.05) is 35.3 Å². The first-order chi connectivity index (χ1) is 15.0. The van der Waals surface area contributed by atoms with Crippen molar-refractivity contribution >= 4 is 21.6 Å². The minimum Gasteiger partial charge on any atom is -0.496 e. The van der Waals surface area contributed by atoms with Gasteiger partial charge in [-0.3, -0.25) is 10.1 Å². The Kier molecular flexibility index (Phi) is 7.86. The number of non-ortho nitro benzene ring substituents is 1. The van der Waals surface area contributed by atoms with Gasteiger partial charge in [0.25, 0.3) is 5.69 Å². The van der Waals surface area contributed by atoms with Gasteiger partial charge in [-0.15, -0.1) is 0 Å². The smallest absolute Gasteiger partial charge is 0.269 e. The minimum atomic E-state index is -0.425. The molecule has 0 fully saturated rings. The molecular formula is C23H23BrN2O5. The van der Waals surface area contributed by atoms with E-state index in [2.05, 4.69) is 21.2 Å². The van der Waals surface area contributed by atoms with Gasteiger partial charge in [0.1, 0.15) is 12.4 Å². The van der Waals surface area contributed by atoms with Crippen molar-refractivity contribution < 1.29 is 19.1 Å². The highest BCUT2D eigenvalue weighted by Crippen LogP contribution is 2.34. The monoisotopic (exact) mass is 486 g/mol. The van der Waals surface area contributed by atoms with Crippen LogP contribution in [-0.2, 0) is 19.7 Å². The molecule has 0 atom stereocenters. The summed E-state index contributed by atoms with van der Waals surface area (Å²) in [5, 5.41) is 14.2. The maximum Gasteiger partial charge on any atom is 0.269 e. The number of hydrogen-bond acceptors (Lipinski definition) is 6. The van der Waals surface area contributed by atoms with Gasteiger partial charge < -0.3 is 19.5 Å². The number of nitro benzene ring substituents is 1. The van der Waals surface area contributed by atoms with Crippen LogP contribution < -0.4 is 19.5 Å². The fourth-order valence-corrected chi connectivity index (χ4v) is 3.50. The summed E-state index contributed by atoms with van der Waals surface area (Å²) >= 11 is 3.60. The van der Waals surface area contributed by atoms with Crippen molar-refractivity contribution in [2.24, 2.45) is 0 Å². The van der Waals surface area contributed by atoms with Gasteiger partial charge in [-0.1, -0.05) is 34.1 Å². The van der Waals surface area contributed by atoms with Crippen LogP contribution in [-0.4, -0.2) is 19.1 Å². The molecule has 8 heteroatoms. The van der Waals surface area contributed by atoms with Crippen LogP contribution in [0.5, 0.6) is 17.2 Å². The number of ether oxygens (including phenoxy) is 3. The molecule has 0 unspecified atom stereocenters. The Morgan fingerprint density at radius 3 is 2.26 bits per heavy atom. The van der Waals surface area contributed by atoms with Gasteiger partial charge in [-0.25, -0.2) is 0 Å². The van der Waals surface area contributed by atoms with Gasteiger partial charge in [0.2, 0.25) is 0 Å². The fraction of sp³-hybridized carbons (Fsp3) is 0.217. The van der Waals surface area contributed by atoms with E-state index in [-0.39, 0.29) is 12.3 Å². The van der Waals surface area contributed by atoms with Gasteiger partial charge in [0.05, 0.1) is 19.1 Å². The molecule has 7 nitrogen and oxygen atoms in total. The van der Waals surface area contributed by atoms with E-state index in [1.54, 1.807) is 26.4 Å². The lowest BCUT2D eigenvalue weighted by molar-refractivity contribution is -0.384. The summed E-state index contributed by atoms with van der Waals surface area (Å²) in [6.45, 7) is 1.56. The molecule has 0 aliphatic heterocycles. The van der Waals surface area contributed by atoms with Crippen molar-refractivity contribution in [1.82, 2.24) is 5.32 Å². The van der Waals surface area contributed by atoms with E-state index in [9.17, 15) is 10.1 Å². The van der Waals surface area contributed by atoms with Gasteiger partial charge in [-0.2, -0.15) is 0 Å². The molecule has 0 radical (unpaired) electrons. The highest BCUT2D eigenvalue weighted by molar-refractivity contribution is 9.10. The maximum absolute atomic E-state index is 10.8. The first-order valence-electron chi connectivity index (χ1n) is 9.57. The maximum atomic E-state index is 10.8. The molecule has 0 bridgehead atoms. The summed E-state index contributed by atoms with van der Waals surface area (Å²) in [6.07, 6.45) is 0. The predicted molar refractivity (Wildman–Crippen MR) is 122 cm³/mol. The van der Waals surface area contributed by atoms with Gasteiger partial charge >= 0.3 is 0 Å². The summed E-state index contributed by atoms with van der Waals surface area (Å²) < 4.78 is 17.7. The molecule has 0 spiro atoms. The molecule has 1 N–H and O–H groups in total. The Morgan fingerprint density at radius 2 is 1.58 bits per heavy atom. The number of nitrogens with zero attached hydrogens (tertiary/aromatic N) is 1. The van der Waals surface area contributed by atoms with Gasteiger partial charge in [0.15, 0.2) is 11.5 Å². The summed E-state index contributed by atoms with van der Waals surface area (Å²) in [5.41, 5.74) is 2.98. The number of nitrogens with one attached hydrogen (secondary N) is 1. The van der Waals surface area contributed by atoms with Crippen molar-refractivity contribution in [3.8, 4) is 17.2 Å². The van der Waals surface area contributed by atoms with Crippen molar-refractivity contribution in [1.29, 1.82) is 0 Å². The van der Waals surface area contributed by atoms with E-state index < -0.39 is 4.92 Å². The summed E-state index contributed by atoms with van der Waals surface area (Å²) in [6, 6.07) is 17.9. The number of benzene rings is 3. The van der Waals surface area contributed by atoms with Crippen LogP contribution in [0.15, 0.2) is 65.1 Å². The largest absolute Gasteiger partial charge is 0.496 e. The summed E-state index contributed by atoms with van der Waals surface area (Å²) in [7, 11) is 3.25. The van der Waals surface area contributed by atoms with E-state index in [1.165, 1.54) is 12.1 Å². The fourth-order valence-electron chi connectivity index (χ4n) is 3.04. The Bertz CT molecular complexity index is 1040. The molecule has 162 valence electrons. The molecule has 0 aromatic heterocycles. The van der Waals surface area contributed by atoms with Crippen LogP contribution in [0.2, 0.25) is 0 Å². The highest BCUT2D eigenvalue weighted by Gasteiger charge is 2.12. The second-order valence-electron chi connectivity index (χ2n) is 6.72. The molecule has 0 aliphatic carbocycles. The second kappa shape index (κ2) is 10.8. The molecule has 0 heterocycles. The number of para-hydroxylation sites is 1. The number of rotatable bonds is 10. The van der Waals surface area contributed by atoms with Crippen molar-refractivity contribution in [3.05, 3.63) is 91.9 Å². The molecule has 3 rings (SSSR count). The number of nitro groups is 1. The van der Waals surface area contributed by atoms with Crippen LogP contribution in [0.25, 0.3) is 0 Å². The minimum absolute atomic E-state index is 0.0500. The molecular weight excluding hydrogens is 464 g/mol. The zero-order valence-corrected chi connectivity index (χ0v) is 18.8. The molecule has 31 heavy (non-hydrogen) atoms. The van der Waals surface area contributed by atoms with E-state index >= 15 is 0 Å². The Morgan fingerprint density at radius 1 is 0.903 bits per heavy atom. The predicted octanol–water partition coefficient (Wildman–Crippen LogP) is 5.24.